The zero-order valence-corrected chi connectivity index (χ0v) is 16.2. The van der Waals surface area contributed by atoms with E-state index in [1.54, 1.807) is 6.07 Å². The van der Waals surface area contributed by atoms with Gasteiger partial charge in [0.15, 0.2) is 0 Å². The van der Waals surface area contributed by atoms with Crippen LogP contribution in [0.4, 0.5) is 0 Å². The predicted octanol–water partition coefficient (Wildman–Crippen LogP) is 3.25. The lowest BCUT2D eigenvalue weighted by Gasteiger charge is -2.45. The summed E-state index contributed by atoms with van der Waals surface area (Å²) >= 11 is 0. The molecule has 2 aromatic heterocycles. The van der Waals surface area contributed by atoms with E-state index >= 15 is 0 Å². The van der Waals surface area contributed by atoms with E-state index in [9.17, 15) is 13.9 Å². The molecule has 3 heterocycles. The molecule has 5 rings (SSSR count). The smallest absolute Gasteiger partial charge is 0.290 e. The summed E-state index contributed by atoms with van der Waals surface area (Å²) in [7, 11) is -2.44. The lowest BCUT2D eigenvalue weighted by atomic mass is 9.80. The van der Waals surface area contributed by atoms with Gasteiger partial charge in [-0.3, -0.25) is 13.9 Å². The minimum absolute atomic E-state index is 0.00352. The highest BCUT2D eigenvalue weighted by atomic mass is 32.3. The summed E-state index contributed by atoms with van der Waals surface area (Å²) in [5.74, 6) is 1.50. The summed E-state index contributed by atoms with van der Waals surface area (Å²) in [6.45, 7) is 0. The molecule has 1 saturated carbocycles. The van der Waals surface area contributed by atoms with Gasteiger partial charge in [0.05, 0.1) is 17.4 Å². The van der Waals surface area contributed by atoms with E-state index in [0.717, 1.165) is 5.56 Å². The maximum Gasteiger partial charge on any atom is 0.290 e. The van der Waals surface area contributed by atoms with Gasteiger partial charge >= 0.3 is 0 Å². The molecule has 2 aliphatic rings. The Morgan fingerprint density at radius 3 is 2.45 bits per heavy atom. The number of nitrogens with zero attached hydrogens (tertiary/aromatic N) is 3. The molecule has 1 aromatic carbocycles. The maximum absolute atomic E-state index is 12.4. The Morgan fingerprint density at radius 1 is 1.07 bits per heavy atom. The lowest BCUT2D eigenvalue weighted by Crippen LogP contribution is -2.43. The third-order valence-electron chi connectivity index (χ3n) is 5.37. The van der Waals surface area contributed by atoms with Crippen LogP contribution in [-0.4, -0.2) is 47.9 Å². The number of hydrogen-bond donors (Lipinski definition) is 3. The van der Waals surface area contributed by atoms with Crippen LogP contribution in [0, 0.1) is 0 Å². The second kappa shape index (κ2) is 6.97. The van der Waals surface area contributed by atoms with E-state index < -0.39 is 10.6 Å². The standard InChI is InChI=1S/C19H20N4O5S/c24-17(16-8-15(23-28-16)11-4-2-1-3-5-11)20-14-6-12(7-14)18-21-22-19(27-18)13-9-29(25,26)10-13/h1-5,8,12-14,25-26H,6-7,9-10H2,(H,20,24). The van der Waals surface area contributed by atoms with Gasteiger partial charge in [0.1, 0.15) is 5.69 Å². The molecular formula is C19H20N4O5S. The molecule has 1 aliphatic heterocycles. The zero-order valence-electron chi connectivity index (χ0n) is 15.4. The van der Waals surface area contributed by atoms with Gasteiger partial charge in [-0.15, -0.1) is 10.2 Å². The molecule has 3 N–H and O–H groups in total. The fourth-order valence-corrected chi connectivity index (χ4v) is 5.11. The number of hydrogen-bond acceptors (Lipinski definition) is 8. The molecule has 3 aromatic rings. The summed E-state index contributed by atoms with van der Waals surface area (Å²) in [6, 6.07) is 11.2. The number of nitrogens with one attached hydrogen (secondary N) is 1. The van der Waals surface area contributed by atoms with E-state index in [2.05, 4.69) is 20.7 Å². The first kappa shape index (κ1) is 18.3. The Bertz CT molecular complexity index is 1020. The highest BCUT2D eigenvalue weighted by Crippen LogP contribution is 2.55. The number of carbonyl (C=O) groups excluding carboxylic acids is 1. The van der Waals surface area contributed by atoms with Gasteiger partial charge < -0.3 is 14.3 Å². The van der Waals surface area contributed by atoms with Crippen molar-refractivity contribution in [2.75, 3.05) is 11.5 Å². The van der Waals surface area contributed by atoms with Crippen LogP contribution in [0.3, 0.4) is 0 Å². The van der Waals surface area contributed by atoms with Crippen LogP contribution in [0.1, 0.15) is 47.0 Å². The summed E-state index contributed by atoms with van der Waals surface area (Å²) in [6.07, 6.45) is 1.40. The molecule has 152 valence electrons. The fourth-order valence-electron chi connectivity index (χ4n) is 3.64. The molecule has 10 heteroatoms. The average Bonchev–Trinajstić information content (AvgIpc) is 3.32. The van der Waals surface area contributed by atoms with Crippen molar-refractivity contribution in [1.29, 1.82) is 0 Å². The van der Waals surface area contributed by atoms with Gasteiger partial charge in [-0.2, -0.15) is 10.6 Å². The minimum atomic E-state index is -2.44. The van der Waals surface area contributed by atoms with Gasteiger partial charge in [-0.1, -0.05) is 35.5 Å². The summed E-state index contributed by atoms with van der Waals surface area (Å²) in [5.41, 5.74) is 1.51. The van der Waals surface area contributed by atoms with Crippen LogP contribution in [0.15, 0.2) is 45.3 Å². The molecule has 1 amide bonds. The van der Waals surface area contributed by atoms with Crippen LogP contribution in [0.25, 0.3) is 11.3 Å². The molecule has 0 unspecified atom stereocenters. The number of amides is 1. The quantitative estimate of drug-likeness (QED) is 0.577. The maximum atomic E-state index is 12.4. The topological polar surface area (TPSA) is 135 Å². The fraction of sp³-hybridized carbons (Fsp3) is 0.368. The van der Waals surface area contributed by atoms with Crippen LogP contribution in [0.2, 0.25) is 0 Å². The van der Waals surface area contributed by atoms with Gasteiger partial charge in [0.2, 0.25) is 17.5 Å². The highest BCUT2D eigenvalue weighted by Gasteiger charge is 2.40. The van der Waals surface area contributed by atoms with Crippen molar-refractivity contribution in [2.24, 2.45) is 0 Å². The van der Waals surface area contributed by atoms with Crippen LogP contribution in [0.5, 0.6) is 0 Å². The molecule has 9 nitrogen and oxygen atoms in total. The van der Waals surface area contributed by atoms with Crippen molar-refractivity contribution in [3.8, 4) is 11.3 Å². The molecular weight excluding hydrogens is 396 g/mol. The number of aromatic nitrogens is 3. The molecule has 0 radical (unpaired) electrons. The van der Waals surface area contributed by atoms with E-state index in [4.69, 9.17) is 8.94 Å². The van der Waals surface area contributed by atoms with Crippen molar-refractivity contribution >= 4 is 16.5 Å². The molecule has 29 heavy (non-hydrogen) atoms. The van der Waals surface area contributed by atoms with E-state index in [0.29, 0.717) is 41.8 Å². The van der Waals surface area contributed by atoms with Crippen molar-refractivity contribution in [3.05, 3.63) is 53.9 Å². The number of carbonyl (C=O) groups is 1. The van der Waals surface area contributed by atoms with E-state index in [1.165, 1.54) is 0 Å². The average molecular weight is 416 g/mol. The van der Waals surface area contributed by atoms with E-state index in [-0.39, 0.29) is 29.5 Å². The third kappa shape index (κ3) is 3.66. The minimum Gasteiger partial charge on any atom is -0.425 e. The van der Waals surface area contributed by atoms with Gasteiger partial charge in [0.25, 0.3) is 5.91 Å². The molecule has 2 fully saturated rings. The van der Waals surface area contributed by atoms with Gasteiger partial charge in [-0.05, 0) is 12.8 Å². The van der Waals surface area contributed by atoms with Crippen LogP contribution >= 0.6 is 10.6 Å². The zero-order chi connectivity index (χ0) is 20.0. The Kier molecular flexibility index (Phi) is 4.41. The SMILES string of the molecule is O=C(NC1CC(c2nnc(C3CS(O)(O)C3)o2)C1)c1cc(-c2ccccc2)no1. The normalized spacial score (nSPS) is 24.3. The van der Waals surface area contributed by atoms with Crippen LogP contribution in [-0.2, 0) is 0 Å². The monoisotopic (exact) mass is 416 g/mol. The Hall–Kier alpha value is -2.69. The van der Waals surface area contributed by atoms with E-state index in [1.807, 2.05) is 30.3 Å². The second-order valence-electron chi connectivity index (χ2n) is 7.59. The Balaban J connectivity index is 1.14. The molecule has 0 atom stereocenters. The molecule has 1 saturated heterocycles. The summed E-state index contributed by atoms with van der Waals surface area (Å²) in [5, 5.41) is 15.0. The third-order valence-corrected chi connectivity index (χ3v) is 7.24. The first-order chi connectivity index (χ1) is 14.0. The molecule has 0 bridgehead atoms. The van der Waals surface area contributed by atoms with Crippen molar-refractivity contribution in [3.63, 3.8) is 0 Å². The molecule has 0 spiro atoms. The van der Waals surface area contributed by atoms with Crippen molar-refractivity contribution < 1.29 is 22.8 Å². The van der Waals surface area contributed by atoms with Gasteiger partial charge in [0, 0.05) is 23.6 Å². The van der Waals surface area contributed by atoms with Crippen molar-refractivity contribution in [2.45, 2.75) is 30.7 Å². The number of rotatable bonds is 5. The summed E-state index contributed by atoms with van der Waals surface area (Å²) < 4.78 is 29.9. The second-order valence-corrected chi connectivity index (χ2v) is 9.86. The molecule has 1 aliphatic carbocycles. The van der Waals surface area contributed by atoms with Crippen molar-refractivity contribution in [1.82, 2.24) is 20.7 Å². The first-order valence-corrected chi connectivity index (χ1v) is 11.3. The van der Waals surface area contributed by atoms with Gasteiger partial charge in [-0.25, -0.2) is 0 Å². The first-order valence-electron chi connectivity index (χ1n) is 9.37. The summed E-state index contributed by atoms with van der Waals surface area (Å²) in [4.78, 5) is 12.4. The lowest BCUT2D eigenvalue weighted by molar-refractivity contribution is 0.0865. The van der Waals surface area contributed by atoms with Crippen LogP contribution < -0.4 is 5.32 Å². The largest absolute Gasteiger partial charge is 0.425 e. The number of benzene rings is 1. The highest BCUT2D eigenvalue weighted by molar-refractivity contribution is 8.25. The Morgan fingerprint density at radius 2 is 1.76 bits per heavy atom. The predicted molar refractivity (Wildman–Crippen MR) is 105 cm³/mol. The Labute approximate surface area is 167 Å².